The van der Waals surface area contributed by atoms with Gasteiger partial charge in [-0.1, -0.05) is 19.8 Å². The highest BCUT2D eigenvalue weighted by Gasteiger charge is 2.27. The lowest BCUT2D eigenvalue weighted by Gasteiger charge is -2.41. The van der Waals surface area contributed by atoms with Gasteiger partial charge in [0.2, 0.25) is 0 Å². The second-order valence-electron chi connectivity index (χ2n) is 6.53. The highest BCUT2D eigenvalue weighted by Crippen LogP contribution is 2.25. The van der Waals surface area contributed by atoms with Crippen LogP contribution < -0.4 is 5.32 Å². The predicted octanol–water partition coefficient (Wildman–Crippen LogP) is 2.18. The van der Waals surface area contributed by atoms with Gasteiger partial charge in [0.05, 0.1) is 0 Å². The minimum Gasteiger partial charge on any atom is -0.317 e. The van der Waals surface area contributed by atoms with Gasteiger partial charge < -0.3 is 10.2 Å². The third-order valence-electron chi connectivity index (χ3n) is 5.39. The molecule has 0 aromatic heterocycles. The summed E-state index contributed by atoms with van der Waals surface area (Å²) >= 11 is 0. The number of nitrogens with one attached hydrogen (secondary N) is 1. The molecule has 3 nitrogen and oxygen atoms in total. The Balaban J connectivity index is 1.75. The van der Waals surface area contributed by atoms with Crippen molar-refractivity contribution in [3.63, 3.8) is 0 Å². The zero-order valence-corrected chi connectivity index (χ0v) is 13.2. The monoisotopic (exact) mass is 267 g/mol. The summed E-state index contributed by atoms with van der Waals surface area (Å²) < 4.78 is 0. The molecule has 1 N–H and O–H groups in total. The molecule has 3 unspecified atom stereocenters. The summed E-state index contributed by atoms with van der Waals surface area (Å²) in [5.74, 6) is 0.883. The Kier molecular flexibility index (Phi) is 6.11. The van der Waals surface area contributed by atoms with Crippen LogP contribution in [0.15, 0.2) is 0 Å². The van der Waals surface area contributed by atoms with Gasteiger partial charge in [-0.3, -0.25) is 4.90 Å². The maximum absolute atomic E-state index is 3.54. The van der Waals surface area contributed by atoms with E-state index in [1.54, 1.807) is 0 Å². The molecule has 3 atom stereocenters. The SMILES string of the molecule is CCC(C)N1CCN(CC2CCCCC2NC)CC1. The standard InChI is InChI=1S/C16H33N3/c1-4-14(2)19-11-9-18(10-12-19)13-15-7-5-6-8-16(15)17-3/h14-17H,4-13H2,1-3H3. The van der Waals surface area contributed by atoms with Crippen LogP contribution >= 0.6 is 0 Å². The molecule has 1 aliphatic heterocycles. The highest BCUT2D eigenvalue weighted by molar-refractivity contribution is 4.84. The summed E-state index contributed by atoms with van der Waals surface area (Å²) in [5, 5.41) is 3.54. The molecule has 2 fully saturated rings. The van der Waals surface area contributed by atoms with Crippen molar-refractivity contribution < 1.29 is 0 Å². The molecule has 112 valence electrons. The van der Waals surface area contributed by atoms with Crippen LogP contribution in [0.3, 0.4) is 0 Å². The molecule has 1 saturated carbocycles. The fourth-order valence-corrected chi connectivity index (χ4v) is 3.78. The van der Waals surface area contributed by atoms with Gasteiger partial charge in [-0.15, -0.1) is 0 Å². The molecule has 19 heavy (non-hydrogen) atoms. The van der Waals surface area contributed by atoms with Gasteiger partial charge in [0, 0.05) is 44.8 Å². The molecule has 1 saturated heterocycles. The molecule has 2 aliphatic rings. The Morgan fingerprint density at radius 1 is 1.11 bits per heavy atom. The third-order valence-corrected chi connectivity index (χ3v) is 5.39. The maximum Gasteiger partial charge on any atom is 0.0113 e. The Labute approximate surface area is 119 Å². The Hall–Kier alpha value is -0.120. The van der Waals surface area contributed by atoms with Crippen molar-refractivity contribution in [2.75, 3.05) is 39.8 Å². The zero-order valence-electron chi connectivity index (χ0n) is 13.2. The normalized spacial score (nSPS) is 32.4. The lowest BCUT2D eigenvalue weighted by molar-refractivity contribution is 0.0786. The molecule has 1 aliphatic carbocycles. The molecule has 0 bridgehead atoms. The first-order valence-corrected chi connectivity index (χ1v) is 8.38. The van der Waals surface area contributed by atoms with Crippen LogP contribution in [0, 0.1) is 5.92 Å². The highest BCUT2D eigenvalue weighted by atomic mass is 15.3. The van der Waals surface area contributed by atoms with Crippen molar-refractivity contribution in [3.8, 4) is 0 Å². The average Bonchev–Trinajstić information content (AvgIpc) is 2.48. The van der Waals surface area contributed by atoms with E-state index in [9.17, 15) is 0 Å². The van der Waals surface area contributed by atoms with Gasteiger partial charge in [0.25, 0.3) is 0 Å². The second-order valence-corrected chi connectivity index (χ2v) is 6.53. The van der Waals surface area contributed by atoms with E-state index in [2.05, 4.69) is 36.0 Å². The number of rotatable bonds is 5. The van der Waals surface area contributed by atoms with Crippen molar-refractivity contribution in [2.24, 2.45) is 5.92 Å². The first-order chi connectivity index (χ1) is 9.24. The quantitative estimate of drug-likeness (QED) is 0.824. The van der Waals surface area contributed by atoms with E-state index in [-0.39, 0.29) is 0 Å². The van der Waals surface area contributed by atoms with E-state index < -0.39 is 0 Å². The van der Waals surface area contributed by atoms with Gasteiger partial charge in [-0.2, -0.15) is 0 Å². The first-order valence-electron chi connectivity index (χ1n) is 8.38. The van der Waals surface area contributed by atoms with Crippen molar-refractivity contribution in [2.45, 2.75) is 58.0 Å². The van der Waals surface area contributed by atoms with Crippen LogP contribution in [0.5, 0.6) is 0 Å². The fourth-order valence-electron chi connectivity index (χ4n) is 3.78. The van der Waals surface area contributed by atoms with E-state index >= 15 is 0 Å². The lowest BCUT2D eigenvalue weighted by atomic mass is 9.84. The van der Waals surface area contributed by atoms with Gasteiger partial charge in [0.1, 0.15) is 0 Å². The van der Waals surface area contributed by atoms with Crippen LogP contribution in [-0.2, 0) is 0 Å². The minimum absolute atomic E-state index is 0.765. The smallest absolute Gasteiger partial charge is 0.0113 e. The van der Waals surface area contributed by atoms with E-state index in [4.69, 9.17) is 0 Å². The molecule has 0 spiro atoms. The van der Waals surface area contributed by atoms with Crippen molar-refractivity contribution in [3.05, 3.63) is 0 Å². The molecule has 0 amide bonds. The summed E-state index contributed by atoms with van der Waals surface area (Å²) in [6.45, 7) is 11.1. The van der Waals surface area contributed by atoms with Gasteiger partial charge in [-0.25, -0.2) is 0 Å². The van der Waals surface area contributed by atoms with Crippen LogP contribution in [0.4, 0.5) is 0 Å². The second kappa shape index (κ2) is 7.61. The number of hydrogen-bond acceptors (Lipinski definition) is 3. The number of hydrogen-bond donors (Lipinski definition) is 1. The Morgan fingerprint density at radius 3 is 2.42 bits per heavy atom. The summed E-state index contributed by atoms with van der Waals surface area (Å²) in [4.78, 5) is 5.37. The molecule has 1 heterocycles. The fraction of sp³-hybridized carbons (Fsp3) is 1.00. The summed E-state index contributed by atoms with van der Waals surface area (Å²) in [6, 6.07) is 1.53. The summed E-state index contributed by atoms with van der Waals surface area (Å²) in [6.07, 6.45) is 6.95. The molecule has 3 heteroatoms. The third kappa shape index (κ3) is 4.17. The predicted molar refractivity (Wildman–Crippen MR) is 82.6 cm³/mol. The molecular formula is C16H33N3. The molecule has 0 radical (unpaired) electrons. The van der Waals surface area contributed by atoms with E-state index in [1.807, 2.05) is 0 Å². The first kappa shape index (κ1) is 15.3. The Bertz CT molecular complexity index is 248. The van der Waals surface area contributed by atoms with Crippen molar-refractivity contribution in [1.29, 1.82) is 0 Å². The average molecular weight is 267 g/mol. The minimum atomic E-state index is 0.765. The summed E-state index contributed by atoms with van der Waals surface area (Å²) in [7, 11) is 2.14. The van der Waals surface area contributed by atoms with Crippen LogP contribution in [-0.4, -0.2) is 61.7 Å². The van der Waals surface area contributed by atoms with Gasteiger partial charge in [0.15, 0.2) is 0 Å². The molecular weight excluding hydrogens is 234 g/mol. The zero-order chi connectivity index (χ0) is 13.7. The number of piperazine rings is 1. The summed E-state index contributed by atoms with van der Waals surface area (Å²) in [5.41, 5.74) is 0. The number of nitrogens with zero attached hydrogens (tertiary/aromatic N) is 2. The van der Waals surface area contributed by atoms with Crippen LogP contribution in [0.2, 0.25) is 0 Å². The van der Waals surface area contributed by atoms with E-state index in [0.29, 0.717) is 0 Å². The lowest BCUT2D eigenvalue weighted by Crippen LogP contribution is -2.52. The van der Waals surface area contributed by atoms with Gasteiger partial charge in [-0.05, 0) is 39.2 Å². The van der Waals surface area contributed by atoms with Crippen LogP contribution in [0.1, 0.15) is 46.0 Å². The Morgan fingerprint density at radius 2 is 1.79 bits per heavy atom. The van der Waals surface area contributed by atoms with E-state index in [0.717, 1.165) is 18.0 Å². The van der Waals surface area contributed by atoms with Gasteiger partial charge >= 0.3 is 0 Å². The molecule has 0 aromatic rings. The van der Waals surface area contributed by atoms with Crippen LogP contribution in [0.25, 0.3) is 0 Å². The van der Waals surface area contributed by atoms with Crippen molar-refractivity contribution >= 4 is 0 Å². The van der Waals surface area contributed by atoms with Crippen molar-refractivity contribution in [1.82, 2.24) is 15.1 Å². The molecule has 0 aromatic carbocycles. The van der Waals surface area contributed by atoms with E-state index in [1.165, 1.54) is 64.8 Å². The topological polar surface area (TPSA) is 18.5 Å². The molecule has 2 rings (SSSR count). The maximum atomic E-state index is 3.54. The largest absolute Gasteiger partial charge is 0.317 e.